The Morgan fingerprint density at radius 2 is 1.14 bits per heavy atom. The number of nitrogens with zero attached hydrogens (tertiary/aromatic N) is 8. The van der Waals surface area contributed by atoms with E-state index in [1.165, 1.54) is 0 Å². The number of ether oxygens (including phenoxy) is 2. The summed E-state index contributed by atoms with van der Waals surface area (Å²) < 4.78 is 16.5. The van der Waals surface area contributed by atoms with Crippen LogP contribution in [-0.2, 0) is 9.47 Å². The van der Waals surface area contributed by atoms with Crippen molar-refractivity contribution in [2.75, 3.05) is 63.7 Å². The molecule has 0 spiro atoms. The third-order valence-electron chi connectivity index (χ3n) is 7.80. The van der Waals surface area contributed by atoms with Crippen LogP contribution in [0.1, 0.15) is 20.7 Å². The van der Waals surface area contributed by atoms with Gasteiger partial charge in [0.05, 0.1) is 26.4 Å². The van der Waals surface area contributed by atoms with Crippen molar-refractivity contribution in [3.8, 4) is 0 Å². The minimum absolute atomic E-state index is 0.0334. The Labute approximate surface area is 318 Å². The van der Waals surface area contributed by atoms with Crippen LogP contribution in [0, 0.1) is 0 Å². The number of rotatable bonds is 4. The van der Waals surface area contributed by atoms with E-state index in [-0.39, 0.29) is 11.8 Å². The van der Waals surface area contributed by atoms with Crippen molar-refractivity contribution < 1.29 is 19.1 Å². The van der Waals surface area contributed by atoms with Gasteiger partial charge < -0.3 is 39.1 Å². The molecule has 0 aliphatic carbocycles. The van der Waals surface area contributed by atoms with Crippen molar-refractivity contribution in [2.24, 2.45) is 0 Å². The van der Waals surface area contributed by atoms with Crippen molar-refractivity contribution in [3.63, 3.8) is 0 Å². The highest BCUT2D eigenvalue weighted by Gasteiger charge is 2.19. The number of benzene rings is 2. The fourth-order valence-corrected chi connectivity index (χ4v) is 6.74. The lowest BCUT2D eigenvalue weighted by Gasteiger charge is -2.26. The second kappa shape index (κ2) is 17.2. The minimum Gasteiger partial charge on any atom is -0.399 e. The predicted molar refractivity (Wildman–Crippen MR) is 203 cm³/mol. The van der Waals surface area contributed by atoms with Gasteiger partial charge in [-0.1, -0.05) is 0 Å². The first-order valence-corrected chi connectivity index (χ1v) is 18.2. The van der Waals surface area contributed by atoms with Gasteiger partial charge in [-0.05, 0) is 96.3 Å². The zero-order valence-corrected chi connectivity index (χ0v) is 31.9. The third-order valence-corrected chi connectivity index (χ3v) is 9.09. The summed E-state index contributed by atoms with van der Waals surface area (Å²) in [6, 6.07) is 14.4. The number of anilines is 3. The molecular formula is C34H33Br3N10O4. The van der Waals surface area contributed by atoms with Crippen LogP contribution in [0.5, 0.6) is 0 Å². The van der Waals surface area contributed by atoms with Gasteiger partial charge in [0.2, 0.25) is 0 Å². The average Bonchev–Trinajstić information content (AvgIpc) is 3.83. The van der Waals surface area contributed by atoms with E-state index in [0.717, 1.165) is 26.2 Å². The van der Waals surface area contributed by atoms with E-state index in [9.17, 15) is 9.59 Å². The molecule has 2 aliphatic rings. The molecule has 0 bridgehead atoms. The highest BCUT2D eigenvalue weighted by Crippen LogP contribution is 2.22. The van der Waals surface area contributed by atoms with Crippen LogP contribution in [0.25, 0.3) is 11.3 Å². The number of hydrogen-bond acceptors (Lipinski definition) is 10. The number of morpholine rings is 2. The van der Waals surface area contributed by atoms with Gasteiger partial charge in [-0.3, -0.25) is 9.59 Å². The van der Waals surface area contributed by atoms with Crippen molar-refractivity contribution in [1.82, 2.24) is 38.5 Å². The number of aromatic nitrogens is 6. The summed E-state index contributed by atoms with van der Waals surface area (Å²) in [5.41, 5.74) is 9.99. The molecule has 264 valence electrons. The maximum atomic E-state index is 12.5. The normalized spacial score (nSPS) is 14.3. The van der Waals surface area contributed by atoms with Gasteiger partial charge in [0, 0.05) is 85.9 Å². The van der Waals surface area contributed by atoms with Gasteiger partial charge >= 0.3 is 0 Å². The fraction of sp³-hybridized carbons (Fsp3) is 0.235. The van der Waals surface area contributed by atoms with Crippen LogP contribution in [0.2, 0.25) is 0 Å². The minimum atomic E-state index is 0.0334. The van der Waals surface area contributed by atoms with E-state index in [1.807, 2.05) is 62.8 Å². The Morgan fingerprint density at radius 1 is 0.667 bits per heavy atom. The van der Waals surface area contributed by atoms with E-state index in [1.54, 1.807) is 41.6 Å². The molecule has 51 heavy (non-hydrogen) atoms. The van der Waals surface area contributed by atoms with Gasteiger partial charge in [-0.15, -0.1) is 0 Å². The number of nitrogens with two attached hydrogens (primary N) is 1. The third kappa shape index (κ3) is 9.48. The van der Waals surface area contributed by atoms with Crippen LogP contribution >= 0.6 is 47.8 Å². The highest BCUT2D eigenvalue weighted by molar-refractivity contribution is 9.11. The van der Waals surface area contributed by atoms with Gasteiger partial charge in [-0.2, -0.15) is 0 Å². The van der Waals surface area contributed by atoms with Gasteiger partial charge in [0.25, 0.3) is 11.8 Å². The lowest BCUT2D eigenvalue weighted by atomic mass is 10.1. The molecule has 8 rings (SSSR count). The number of imidazole rings is 2. The Kier molecular flexibility index (Phi) is 12.3. The molecule has 0 unspecified atom stereocenters. The summed E-state index contributed by atoms with van der Waals surface area (Å²) in [5.74, 6) is 0.732. The molecule has 2 aliphatic heterocycles. The maximum Gasteiger partial charge on any atom is 0.254 e. The summed E-state index contributed by atoms with van der Waals surface area (Å²) in [6.45, 7) is 5.06. The summed E-state index contributed by atoms with van der Waals surface area (Å²) in [6.07, 6.45) is 10.9. The molecule has 0 saturated carbocycles. The van der Waals surface area contributed by atoms with E-state index in [2.05, 4.69) is 73.0 Å². The Bertz CT molecular complexity index is 2100. The van der Waals surface area contributed by atoms with E-state index < -0.39 is 0 Å². The van der Waals surface area contributed by atoms with Crippen molar-refractivity contribution in [3.05, 3.63) is 111 Å². The van der Waals surface area contributed by atoms with Crippen LogP contribution in [0.4, 0.5) is 17.2 Å². The van der Waals surface area contributed by atoms with Gasteiger partial charge in [0.15, 0.2) is 21.7 Å². The summed E-state index contributed by atoms with van der Waals surface area (Å²) in [4.78, 5) is 45.0. The molecule has 2 fully saturated rings. The topological polar surface area (TPSA) is 158 Å². The van der Waals surface area contributed by atoms with E-state index in [0.29, 0.717) is 79.8 Å². The summed E-state index contributed by atoms with van der Waals surface area (Å²) in [7, 11) is 0. The molecule has 2 saturated heterocycles. The molecule has 0 atom stereocenters. The van der Waals surface area contributed by atoms with E-state index >= 15 is 0 Å². The van der Waals surface area contributed by atoms with Crippen LogP contribution in [0.3, 0.4) is 0 Å². The summed E-state index contributed by atoms with van der Waals surface area (Å²) in [5, 5.41) is 3.25. The molecule has 2 amide bonds. The number of halogens is 3. The van der Waals surface area contributed by atoms with Crippen LogP contribution in [-0.4, -0.2) is 103 Å². The molecule has 17 heteroatoms. The lowest BCUT2D eigenvalue weighted by molar-refractivity contribution is 0.0301. The first kappa shape index (κ1) is 36.4. The SMILES string of the molecule is Brc1cn2ccnc2c(Br)n1.Nc1ccc(C(=O)N2CCOCC2)cc1.O=C(c1ccc(Nc2nc(Br)cn3ccnc23)cc1)N1CCOCC1. The quantitative estimate of drug-likeness (QED) is 0.211. The lowest BCUT2D eigenvalue weighted by Crippen LogP contribution is -2.40. The number of carbonyl (C=O) groups excluding carboxylic acids is 2. The molecule has 6 heterocycles. The first-order chi connectivity index (χ1) is 24.7. The van der Waals surface area contributed by atoms with Crippen LogP contribution in [0.15, 0.2) is 99.5 Å². The maximum absolute atomic E-state index is 12.5. The smallest absolute Gasteiger partial charge is 0.254 e. The molecule has 4 aromatic heterocycles. The number of amides is 2. The first-order valence-electron chi connectivity index (χ1n) is 15.9. The van der Waals surface area contributed by atoms with Crippen molar-refractivity contribution >= 4 is 88.1 Å². The van der Waals surface area contributed by atoms with Crippen LogP contribution < -0.4 is 11.1 Å². The van der Waals surface area contributed by atoms with E-state index in [4.69, 9.17) is 15.2 Å². The zero-order valence-electron chi connectivity index (χ0n) is 27.2. The molecule has 0 radical (unpaired) electrons. The van der Waals surface area contributed by atoms with Crippen molar-refractivity contribution in [2.45, 2.75) is 0 Å². The number of fused-ring (bicyclic) bond motifs is 2. The molecule has 2 aromatic carbocycles. The monoisotopic (exact) mass is 882 g/mol. The van der Waals surface area contributed by atoms with Gasteiger partial charge in [-0.25, -0.2) is 19.9 Å². The van der Waals surface area contributed by atoms with Gasteiger partial charge in [0.1, 0.15) is 9.21 Å². The number of nitrogens with one attached hydrogen (secondary N) is 1. The average molecular weight is 885 g/mol. The number of nitrogen functional groups attached to an aromatic ring is 1. The Morgan fingerprint density at radius 3 is 1.69 bits per heavy atom. The Balaban J connectivity index is 0.000000146. The van der Waals surface area contributed by atoms with Crippen molar-refractivity contribution in [1.29, 1.82) is 0 Å². The highest BCUT2D eigenvalue weighted by atomic mass is 79.9. The zero-order chi connectivity index (χ0) is 35.7. The predicted octanol–water partition coefficient (Wildman–Crippen LogP) is 5.70. The fourth-order valence-electron chi connectivity index (χ4n) is 5.21. The summed E-state index contributed by atoms with van der Waals surface area (Å²) >= 11 is 9.98. The molecule has 6 aromatic rings. The largest absolute Gasteiger partial charge is 0.399 e. The molecular weight excluding hydrogens is 852 g/mol. The Hall–Kier alpha value is -4.42. The standard InChI is InChI=1S/C17H16BrN5O2.C11H14N2O2.C6H3Br2N3/c18-14-11-23-6-5-19-16(23)15(21-14)20-13-3-1-12(2-4-13)17(24)22-7-9-25-10-8-22;12-10-3-1-9(2-4-10)11(14)13-5-7-15-8-6-13;7-4-3-11-2-1-9-6(11)5(8)10-4/h1-6,11H,7-10H2,(H,20,21);1-4H,5-8,12H2;1-3H. The number of carbonyl (C=O) groups is 2. The second-order valence-electron chi connectivity index (χ2n) is 11.2. The second-order valence-corrected chi connectivity index (χ2v) is 13.6. The number of hydrogen-bond donors (Lipinski definition) is 2. The molecule has 14 nitrogen and oxygen atoms in total. The molecule has 3 N–H and O–H groups in total.